The maximum absolute atomic E-state index is 12.3. The van der Waals surface area contributed by atoms with E-state index in [-0.39, 0.29) is 5.91 Å². The highest BCUT2D eigenvalue weighted by Gasteiger charge is 2.10. The molecule has 1 aromatic heterocycles. The van der Waals surface area contributed by atoms with Crippen molar-refractivity contribution in [1.29, 1.82) is 0 Å². The van der Waals surface area contributed by atoms with Crippen LogP contribution in [0.25, 0.3) is 5.69 Å². The van der Waals surface area contributed by atoms with Crippen molar-refractivity contribution in [3.05, 3.63) is 78.1 Å². The molecular formula is C21H22N4O2. The minimum absolute atomic E-state index is 0.322. The van der Waals surface area contributed by atoms with E-state index in [1.165, 1.54) is 7.11 Å². The molecule has 0 aliphatic rings. The summed E-state index contributed by atoms with van der Waals surface area (Å²) in [6.07, 6.45) is 3.57. The number of aromatic nitrogens is 1. The van der Waals surface area contributed by atoms with Crippen molar-refractivity contribution in [1.82, 2.24) is 9.99 Å². The highest BCUT2D eigenvalue weighted by atomic mass is 16.5. The Morgan fingerprint density at radius 1 is 1.07 bits per heavy atom. The Bertz CT molecular complexity index is 943. The number of nitrogens with one attached hydrogen (secondary N) is 1. The van der Waals surface area contributed by atoms with Crippen molar-refractivity contribution in [2.75, 3.05) is 26.1 Å². The van der Waals surface area contributed by atoms with Gasteiger partial charge in [-0.3, -0.25) is 4.79 Å². The van der Waals surface area contributed by atoms with Crippen LogP contribution in [0.3, 0.4) is 0 Å². The topological polar surface area (TPSA) is 58.9 Å². The largest absolute Gasteiger partial charge is 0.496 e. The Morgan fingerprint density at radius 2 is 1.81 bits per heavy atom. The van der Waals surface area contributed by atoms with Gasteiger partial charge in [-0.2, -0.15) is 5.10 Å². The molecule has 138 valence electrons. The number of hydrazone groups is 1. The summed E-state index contributed by atoms with van der Waals surface area (Å²) in [5, 5.41) is 4.09. The summed E-state index contributed by atoms with van der Waals surface area (Å²) in [5.74, 6) is 0.187. The Morgan fingerprint density at radius 3 is 2.52 bits per heavy atom. The number of amides is 1. The third kappa shape index (κ3) is 4.17. The van der Waals surface area contributed by atoms with E-state index in [9.17, 15) is 4.79 Å². The number of ether oxygens (including phenoxy) is 1. The zero-order valence-corrected chi connectivity index (χ0v) is 15.6. The van der Waals surface area contributed by atoms with Crippen molar-refractivity contribution in [3.8, 4) is 11.4 Å². The van der Waals surface area contributed by atoms with Crippen LogP contribution in [0, 0.1) is 0 Å². The van der Waals surface area contributed by atoms with E-state index >= 15 is 0 Å². The minimum atomic E-state index is -0.322. The molecule has 27 heavy (non-hydrogen) atoms. The van der Waals surface area contributed by atoms with E-state index < -0.39 is 0 Å². The highest BCUT2D eigenvalue weighted by molar-refractivity contribution is 5.97. The normalized spacial score (nSPS) is 10.8. The molecule has 0 bridgehead atoms. The summed E-state index contributed by atoms with van der Waals surface area (Å²) >= 11 is 0. The molecule has 1 amide bonds. The van der Waals surface area contributed by atoms with Crippen LogP contribution in [0.15, 0.2) is 72.0 Å². The van der Waals surface area contributed by atoms with Crippen LogP contribution >= 0.6 is 0 Å². The monoisotopic (exact) mass is 362 g/mol. The van der Waals surface area contributed by atoms with Gasteiger partial charge in [-0.05, 0) is 48.5 Å². The molecule has 1 N–H and O–H groups in total. The predicted molar refractivity (Wildman–Crippen MR) is 108 cm³/mol. The van der Waals surface area contributed by atoms with E-state index in [4.69, 9.17) is 4.74 Å². The Hall–Kier alpha value is -3.54. The number of nitrogens with zero attached hydrogens (tertiary/aromatic N) is 3. The van der Waals surface area contributed by atoms with Gasteiger partial charge in [0.05, 0.1) is 24.6 Å². The third-order valence-electron chi connectivity index (χ3n) is 4.14. The van der Waals surface area contributed by atoms with Crippen molar-refractivity contribution in [2.24, 2.45) is 5.10 Å². The number of carbonyl (C=O) groups excluding carboxylic acids is 1. The minimum Gasteiger partial charge on any atom is -0.496 e. The van der Waals surface area contributed by atoms with E-state index in [1.54, 1.807) is 24.4 Å². The van der Waals surface area contributed by atoms with Crippen LogP contribution < -0.4 is 15.1 Å². The second kappa shape index (κ2) is 8.23. The summed E-state index contributed by atoms with van der Waals surface area (Å²) in [6, 6.07) is 19.1. The molecule has 6 heteroatoms. The maximum atomic E-state index is 12.3. The van der Waals surface area contributed by atoms with Crippen molar-refractivity contribution < 1.29 is 9.53 Å². The first-order chi connectivity index (χ1) is 13.1. The summed E-state index contributed by atoms with van der Waals surface area (Å²) < 4.78 is 7.20. The molecule has 0 fully saturated rings. The van der Waals surface area contributed by atoms with Gasteiger partial charge < -0.3 is 14.2 Å². The molecule has 0 unspecified atom stereocenters. The summed E-state index contributed by atoms with van der Waals surface area (Å²) in [5.41, 5.74) is 5.98. The molecule has 0 saturated heterocycles. The number of para-hydroxylation sites is 1. The molecule has 3 aromatic rings. The average Bonchev–Trinajstić information content (AvgIpc) is 3.16. The highest BCUT2D eigenvalue weighted by Crippen LogP contribution is 2.18. The lowest BCUT2D eigenvalue weighted by Crippen LogP contribution is -2.18. The number of methoxy groups -OCH3 is 1. The molecule has 0 saturated carbocycles. The first-order valence-electron chi connectivity index (χ1n) is 8.51. The second-order valence-corrected chi connectivity index (χ2v) is 6.11. The molecule has 2 aromatic carbocycles. The quantitative estimate of drug-likeness (QED) is 0.541. The zero-order chi connectivity index (χ0) is 19.2. The summed E-state index contributed by atoms with van der Waals surface area (Å²) in [6.45, 7) is 0. The zero-order valence-electron chi connectivity index (χ0n) is 15.6. The van der Waals surface area contributed by atoms with Gasteiger partial charge >= 0.3 is 0 Å². The van der Waals surface area contributed by atoms with Crippen LogP contribution in [0.2, 0.25) is 0 Å². The Kier molecular flexibility index (Phi) is 5.56. The Labute approximate surface area is 158 Å². The lowest BCUT2D eigenvalue weighted by molar-refractivity contribution is 0.0952. The molecule has 3 rings (SSSR count). The number of carbonyl (C=O) groups is 1. The lowest BCUT2D eigenvalue weighted by atomic mass is 10.2. The Balaban J connectivity index is 1.73. The summed E-state index contributed by atoms with van der Waals surface area (Å²) in [4.78, 5) is 14.3. The molecule has 0 radical (unpaired) electrons. The first kappa shape index (κ1) is 18.3. The van der Waals surface area contributed by atoms with E-state index in [0.29, 0.717) is 11.3 Å². The van der Waals surface area contributed by atoms with Gasteiger partial charge in [0.15, 0.2) is 0 Å². The number of benzene rings is 2. The van der Waals surface area contributed by atoms with Gasteiger partial charge in [0.25, 0.3) is 5.91 Å². The van der Waals surface area contributed by atoms with Crippen LogP contribution in [0.1, 0.15) is 16.1 Å². The van der Waals surface area contributed by atoms with Crippen molar-refractivity contribution >= 4 is 17.8 Å². The van der Waals surface area contributed by atoms with Crippen LogP contribution in [0.5, 0.6) is 5.75 Å². The molecule has 0 spiro atoms. The molecule has 0 atom stereocenters. The fraction of sp³-hybridized carbons (Fsp3) is 0.143. The van der Waals surface area contributed by atoms with Gasteiger partial charge in [0.2, 0.25) is 0 Å². The van der Waals surface area contributed by atoms with Gasteiger partial charge in [-0.1, -0.05) is 12.1 Å². The maximum Gasteiger partial charge on any atom is 0.275 e. The average molecular weight is 362 g/mol. The molecule has 0 aliphatic heterocycles. The van der Waals surface area contributed by atoms with Crippen LogP contribution in [0.4, 0.5) is 5.69 Å². The number of hydrogen-bond acceptors (Lipinski definition) is 4. The standard InChI is InChI=1S/C21H22N4O2/c1-24(2)16-10-12-17(13-11-16)25-14-6-7-18(25)15-22-23-21(26)19-8-4-5-9-20(19)27-3/h4-15H,1-3H3,(H,23,26)/b22-15-. The molecule has 6 nitrogen and oxygen atoms in total. The van der Waals surface area contributed by atoms with E-state index in [1.807, 2.05) is 55.2 Å². The number of hydrogen-bond donors (Lipinski definition) is 1. The lowest BCUT2D eigenvalue weighted by Gasteiger charge is -2.13. The molecule has 1 heterocycles. The first-order valence-corrected chi connectivity index (χ1v) is 8.51. The summed E-state index contributed by atoms with van der Waals surface area (Å²) in [7, 11) is 5.55. The number of rotatable bonds is 6. The fourth-order valence-corrected chi connectivity index (χ4v) is 2.70. The third-order valence-corrected chi connectivity index (χ3v) is 4.14. The number of anilines is 1. The van der Waals surface area contributed by atoms with Gasteiger partial charge in [0, 0.05) is 31.7 Å². The van der Waals surface area contributed by atoms with Crippen LogP contribution in [-0.4, -0.2) is 37.9 Å². The molecule has 0 aliphatic carbocycles. The molecular weight excluding hydrogens is 340 g/mol. The van der Waals surface area contributed by atoms with Gasteiger partial charge in [0.1, 0.15) is 5.75 Å². The van der Waals surface area contributed by atoms with E-state index in [0.717, 1.165) is 17.1 Å². The van der Waals surface area contributed by atoms with Gasteiger partial charge in [-0.15, -0.1) is 0 Å². The SMILES string of the molecule is COc1ccccc1C(=O)N/N=C\c1cccn1-c1ccc(N(C)C)cc1. The smallest absolute Gasteiger partial charge is 0.275 e. The van der Waals surface area contributed by atoms with Gasteiger partial charge in [-0.25, -0.2) is 5.43 Å². The van der Waals surface area contributed by atoms with Crippen molar-refractivity contribution in [2.45, 2.75) is 0 Å². The van der Waals surface area contributed by atoms with Crippen LogP contribution in [-0.2, 0) is 0 Å². The second-order valence-electron chi connectivity index (χ2n) is 6.11. The van der Waals surface area contributed by atoms with Crippen molar-refractivity contribution in [3.63, 3.8) is 0 Å². The van der Waals surface area contributed by atoms with E-state index in [2.05, 4.69) is 27.6 Å². The fourth-order valence-electron chi connectivity index (χ4n) is 2.70. The predicted octanol–water partition coefficient (Wildman–Crippen LogP) is 3.32.